The number of carbonyl (C=O) groups excluding carboxylic acids is 1. The van der Waals surface area contributed by atoms with Gasteiger partial charge in [0.05, 0.1) is 18.5 Å². The Labute approximate surface area is 176 Å². The van der Waals surface area contributed by atoms with Crippen molar-refractivity contribution in [2.24, 2.45) is 5.10 Å². The van der Waals surface area contributed by atoms with Crippen LogP contribution in [0.4, 0.5) is 5.69 Å². The molecular formula is C23H27N5O2. The number of benzene rings is 2. The molecule has 0 aliphatic carbocycles. The lowest BCUT2D eigenvalue weighted by atomic mass is 10.1. The zero-order valence-electron chi connectivity index (χ0n) is 17.6. The Hall–Kier alpha value is -3.61. The molecule has 30 heavy (non-hydrogen) atoms. The van der Waals surface area contributed by atoms with E-state index in [9.17, 15) is 4.79 Å². The number of nitrogens with zero attached hydrogens (tertiary/aromatic N) is 3. The lowest BCUT2D eigenvalue weighted by molar-refractivity contribution is 0.0950. The van der Waals surface area contributed by atoms with E-state index in [2.05, 4.69) is 27.6 Å². The van der Waals surface area contributed by atoms with Crippen molar-refractivity contribution < 1.29 is 9.53 Å². The Balaban J connectivity index is 1.56. The number of nitrogens with one attached hydrogen (secondary N) is 2. The Morgan fingerprint density at radius 3 is 2.57 bits per heavy atom. The van der Waals surface area contributed by atoms with Crippen LogP contribution in [0.5, 0.6) is 5.75 Å². The normalized spacial score (nSPS) is 10.9. The number of carbonyl (C=O) groups is 1. The number of hydrogen-bond donors (Lipinski definition) is 2. The Bertz CT molecular complexity index is 976. The lowest BCUT2D eigenvalue weighted by Gasteiger charge is -2.11. The predicted molar refractivity (Wildman–Crippen MR) is 120 cm³/mol. The van der Waals surface area contributed by atoms with Crippen LogP contribution in [-0.2, 0) is 0 Å². The lowest BCUT2D eigenvalue weighted by Crippen LogP contribution is -2.18. The summed E-state index contributed by atoms with van der Waals surface area (Å²) >= 11 is 0. The first kappa shape index (κ1) is 21.1. The third-order valence-corrected chi connectivity index (χ3v) is 4.53. The smallest absolute Gasteiger partial charge is 0.289 e. The van der Waals surface area contributed by atoms with Crippen LogP contribution in [-0.4, -0.2) is 43.0 Å². The molecule has 7 heteroatoms. The van der Waals surface area contributed by atoms with E-state index in [1.54, 1.807) is 12.3 Å². The molecule has 7 nitrogen and oxygen atoms in total. The summed E-state index contributed by atoms with van der Waals surface area (Å²) in [7, 11) is 3.97. The van der Waals surface area contributed by atoms with Crippen molar-refractivity contribution in [1.82, 2.24) is 15.6 Å². The number of aromatic amines is 1. The summed E-state index contributed by atoms with van der Waals surface area (Å²) < 4.78 is 5.67. The van der Waals surface area contributed by atoms with Crippen molar-refractivity contribution in [3.8, 4) is 17.0 Å². The number of H-pyrrole nitrogens is 1. The Kier molecular flexibility index (Phi) is 7.21. The SMILES string of the molecule is CCCCOc1ccc(-c2cc(C(=O)NN=Cc3ccc(N(C)C)cc3)[nH]n2)cc1. The Morgan fingerprint density at radius 2 is 1.90 bits per heavy atom. The molecule has 3 aromatic rings. The number of amides is 1. The summed E-state index contributed by atoms with van der Waals surface area (Å²) in [5, 5.41) is 11.0. The van der Waals surface area contributed by atoms with Crippen molar-refractivity contribution in [2.75, 3.05) is 25.6 Å². The van der Waals surface area contributed by atoms with Gasteiger partial charge in [0.25, 0.3) is 5.91 Å². The maximum atomic E-state index is 12.3. The van der Waals surface area contributed by atoms with E-state index in [-0.39, 0.29) is 5.91 Å². The van der Waals surface area contributed by atoms with Crippen LogP contribution >= 0.6 is 0 Å². The van der Waals surface area contributed by atoms with Gasteiger partial charge in [-0.1, -0.05) is 25.5 Å². The molecule has 0 unspecified atom stereocenters. The number of aromatic nitrogens is 2. The molecule has 3 rings (SSSR count). The van der Waals surface area contributed by atoms with Gasteiger partial charge in [-0.25, -0.2) is 5.43 Å². The molecule has 1 heterocycles. The third-order valence-electron chi connectivity index (χ3n) is 4.53. The van der Waals surface area contributed by atoms with E-state index < -0.39 is 0 Å². The van der Waals surface area contributed by atoms with Crippen LogP contribution in [0, 0.1) is 0 Å². The van der Waals surface area contributed by atoms with E-state index in [0.29, 0.717) is 18.0 Å². The highest BCUT2D eigenvalue weighted by molar-refractivity contribution is 5.94. The number of anilines is 1. The molecule has 0 fully saturated rings. The predicted octanol–water partition coefficient (Wildman–Crippen LogP) is 4.09. The molecule has 156 valence electrons. The molecular weight excluding hydrogens is 378 g/mol. The van der Waals surface area contributed by atoms with Gasteiger partial charge in [0.2, 0.25) is 0 Å². The topological polar surface area (TPSA) is 82.6 Å². The largest absolute Gasteiger partial charge is 0.494 e. The van der Waals surface area contributed by atoms with Crippen molar-refractivity contribution in [2.45, 2.75) is 19.8 Å². The number of rotatable bonds is 9. The minimum absolute atomic E-state index is 0.341. The average Bonchev–Trinajstić information content (AvgIpc) is 3.25. The summed E-state index contributed by atoms with van der Waals surface area (Å²) in [6, 6.07) is 17.2. The maximum Gasteiger partial charge on any atom is 0.289 e. The Morgan fingerprint density at radius 1 is 1.17 bits per heavy atom. The van der Waals surface area contributed by atoms with Gasteiger partial charge in [-0.05, 0) is 54.4 Å². The quantitative estimate of drug-likeness (QED) is 0.319. The van der Waals surface area contributed by atoms with Crippen molar-refractivity contribution in [3.05, 3.63) is 65.9 Å². The highest BCUT2D eigenvalue weighted by Gasteiger charge is 2.10. The second kappa shape index (κ2) is 10.2. The zero-order chi connectivity index (χ0) is 21.3. The number of hydrazone groups is 1. The van der Waals surface area contributed by atoms with Crippen LogP contribution in [0.15, 0.2) is 59.7 Å². The highest BCUT2D eigenvalue weighted by atomic mass is 16.5. The number of ether oxygens (including phenoxy) is 1. The van der Waals surface area contributed by atoms with E-state index >= 15 is 0 Å². The molecule has 0 radical (unpaired) electrons. The fourth-order valence-electron chi connectivity index (χ4n) is 2.73. The molecule has 0 aliphatic rings. The van der Waals surface area contributed by atoms with Crippen molar-refractivity contribution in [3.63, 3.8) is 0 Å². The minimum atomic E-state index is -0.352. The van der Waals surface area contributed by atoms with Gasteiger partial charge in [-0.3, -0.25) is 9.89 Å². The van der Waals surface area contributed by atoms with Crippen molar-refractivity contribution >= 4 is 17.8 Å². The third kappa shape index (κ3) is 5.70. The van der Waals surface area contributed by atoms with Crippen LogP contribution in [0.1, 0.15) is 35.8 Å². The van der Waals surface area contributed by atoms with Gasteiger partial charge in [0, 0.05) is 25.3 Å². The van der Waals surface area contributed by atoms with E-state index in [0.717, 1.165) is 35.4 Å². The number of unbranched alkanes of at least 4 members (excludes halogenated alkanes) is 1. The van der Waals surface area contributed by atoms with Gasteiger partial charge >= 0.3 is 0 Å². The average molecular weight is 406 g/mol. The molecule has 0 aliphatic heterocycles. The standard InChI is InChI=1S/C23H27N5O2/c1-4-5-14-30-20-12-8-18(9-13-20)21-15-22(26-25-21)23(29)27-24-16-17-6-10-19(11-7-17)28(2)3/h6-13,15-16H,4-5,14H2,1-3H3,(H,25,26)(H,27,29). The summed E-state index contributed by atoms with van der Waals surface area (Å²) in [4.78, 5) is 14.3. The molecule has 1 amide bonds. The van der Waals surface area contributed by atoms with E-state index in [1.807, 2.05) is 67.5 Å². The van der Waals surface area contributed by atoms with E-state index in [1.165, 1.54) is 0 Å². The van der Waals surface area contributed by atoms with E-state index in [4.69, 9.17) is 4.74 Å². The first-order chi connectivity index (χ1) is 14.6. The van der Waals surface area contributed by atoms with Crippen LogP contribution < -0.4 is 15.1 Å². The molecule has 2 aromatic carbocycles. The summed E-state index contributed by atoms with van der Waals surface area (Å²) in [6.45, 7) is 2.84. The summed E-state index contributed by atoms with van der Waals surface area (Å²) in [5.74, 6) is 0.475. The second-order valence-electron chi connectivity index (χ2n) is 7.08. The molecule has 0 saturated heterocycles. The fourth-order valence-corrected chi connectivity index (χ4v) is 2.73. The van der Waals surface area contributed by atoms with Gasteiger partial charge in [-0.15, -0.1) is 0 Å². The van der Waals surface area contributed by atoms with Gasteiger partial charge in [-0.2, -0.15) is 10.2 Å². The summed E-state index contributed by atoms with van der Waals surface area (Å²) in [5.41, 5.74) is 6.44. The summed E-state index contributed by atoms with van der Waals surface area (Å²) in [6.07, 6.45) is 3.73. The first-order valence-corrected chi connectivity index (χ1v) is 9.96. The molecule has 0 bridgehead atoms. The fraction of sp³-hybridized carbons (Fsp3) is 0.261. The molecule has 0 saturated carbocycles. The zero-order valence-corrected chi connectivity index (χ0v) is 17.6. The molecule has 0 spiro atoms. The van der Waals surface area contributed by atoms with Crippen molar-refractivity contribution in [1.29, 1.82) is 0 Å². The highest BCUT2D eigenvalue weighted by Crippen LogP contribution is 2.21. The van der Waals surface area contributed by atoms with Crippen LogP contribution in [0.25, 0.3) is 11.3 Å². The first-order valence-electron chi connectivity index (χ1n) is 9.96. The van der Waals surface area contributed by atoms with Crippen LogP contribution in [0.3, 0.4) is 0 Å². The molecule has 2 N–H and O–H groups in total. The molecule has 1 aromatic heterocycles. The molecule has 0 atom stereocenters. The van der Waals surface area contributed by atoms with Gasteiger partial charge in [0.1, 0.15) is 11.4 Å². The van der Waals surface area contributed by atoms with Gasteiger partial charge < -0.3 is 9.64 Å². The monoisotopic (exact) mass is 405 g/mol. The minimum Gasteiger partial charge on any atom is -0.494 e. The second-order valence-corrected chi connectivity index (χ2v) is 7.08. The van der Waals surface area contributed by atoms with Crippen LogP contribution in [0.2, 0.25) is 0 Å². The maximum absolute atomic E-state index is 12.3. The van der Waals surface area contributed by atoms with Gasteiger partial charge in [0.15, 0.2) is 0 Å². The number of hydrogen-bond acceptors (Lipinski definition) is 5.